The summed E-state index contributed by atoms with van der Waals surface area (Å²) in [6.07, 6.45) is 4.91. The second-order valence-corrected chi connectivity index (χ2v) is 6.73. The molecule has 5 rings (SSSR count). The van der Waals surface area contributed by atoms with Crippen LogP contribution in [0.2, 0.25) is 0 Å². The van der Waals surface area contributed by atoms with Gasteiger partial charge in [0.1, 0.15) is 24.3 Å². The molecule has 1 aliphatic rings. The molecule has 0 saturated carbocycles. The van der Waals surface area contributed by atoms with Crippen LogP contribution in [0.5, 0.6) is 0 Å². The lowest BCUT2D eigenvalue weighted by Gasteiger charge is -2.36. The first-order valence-corrected chi connectivity index (χ1v) is 9.30. The molecule has 0 spiro atoms. The minimum absolute atomic E-state index is 0.290. The van der Waals surface area contributed by atoms with Gasteiger partial charge >= 0.3 is 0 Å². The van der Waals surface area contributed by atoms with Crippen LogP contribution in [0.4, 0.5) is 16.0 Å². The Morgan fingerprint density at radius 2 is 1.61 bits per heavy atom. The molecule has 1 aliphatic heterocycles. The maximum atomic E-state index is 13.5. The summed E-state index contributed by atoms with van der Waals surface area (Å²) in [4.78, 5) is 26.5. The Balaban J connectivity index is 1.41. The third-order valence-electron chi connectivity index (χ3n) is 5.18. The highest BCUT2D eigenvalue weighted by Crippen LogP contribution is 2.27. The van der Waals surface area contributed by atoms with Crippen molar-refractivity contribution in [1.29, 1.82) is 0 Å². The second kappa shape index (κ2) is 6.66. The second-order valence-electron chi connectivity index (χ2n) is 6.73. The van der Waals surface area contributed by atoms with Crippen LogP contribution in [0.15, 0.2) is 37.2 Å². The van der Waals surface area contributed by atoms with E-state index < -0.39 is 0 Å². The minimum Gasteiger partial charge on any atom is -0.352 e. The van der Waals surface area contributed by atoms with E-state index in [4.69, 9.17) is 0 Å². The van der Waals surface area contributed by atoms with Crippen molar-refractivity contribution in [1.82, 2.24) is 29.5 Å². The zero-order valence-electron chi connectivity index (χ0n) is 15.5. The molecule has 0 bridgehead atoms. The van der Waals surface area contributed by atoms with Crippen LogP contribution in [0.25, 0.3) is 22.1 Å². The molecule has 8 nitrogen and oxygen atoms in total. The van der Waals surface area contributed by atoms with Crippen molar-refractivity contribution in [3.63, 3.8) is 0 Å². The topological polar surface area (TPSA) is 75.9 Å². The Labute approximate surface area is 160 Å². The van der Waals surface area contributed by atoms with Crippen molar-refractivity contribution < 1.29 is 4.39 Å². The van der Waals surface area contributed by atoms with E-state index in [9.17, 15) is 4.39 Å². The summed E-state index contributed by atoms with van der Waals surface area (Å²) in [6.45, 7) is 6.03. The molecule has 0 N–H and O–H groups in total. The van der Waals surface area contributed by atoms with Gasteiger partial charge in [-0.1, -0.05) is 0 Å². The van der Waals surface area contributed by atoms with E-state index in [0.29, 0.717) is 5.52 Å². The van der Waals surface area contributed by atoms with Crippen LogP contribution < -0.4 is 9.80 Å². The number of piperazine rings is 1. The molecule has 4 aromatic rings. The normalized spacial score (nSPS) is 14.9. The Bertz CT molecular complexity index is 1150. The van der Waals surface area contributed by atoms with E-state index in [1.54, 1.807) is 12.4 Å². The van der Waals surface area contributed by atoms with E-state index in [0.717, 1.165) is 60.9 Å². The van der Waals surface area contributed by atoms with Crippen molar-refractivity contribution in [2.24, 2.45) is 0 Å². The number of imidazole rings is 1. The molecule has 142 valence electrons. The first-order valence-electron chi connectivity index (χ1n) is 9.30. The van der Waals surface area contributed by atoms with Crippen LogP contribution in [0, 0.1) is 5.82 Å². The van der Waals surface area contributed by atoms with Crippen LogP contribution in [-0.2, 0) is 6.54 Å². The van der Waals surface area contributed by atoms with Gasteiger partial charge in [0, 0.05) is 44.2 Å². The Morgan fingerprint density at radius 3 is 2.39 bits per heavy atom. The fraction of sp³-hybridized carbons (Fsp3) is 0.316. The van der Waals surface area contributed by atoms with Crippen LogP contribution in [0.1, 0.15) is 6.92 Å². The van der Waals surface area contributed by atoms with Gasteiger partial charge in [-0.2, -0.15) is 0 Å². The van der Waals surface area contributed by atoms with Crippen molar-refractivity contribution in [3.8, 4) is 0 Å². The highest BCUT2D eigenvalue weighted by molar-refractivity contribution is 5.89. The molecule has 28 heavy (non-hydrogen) atoms. The van der Waals surface area contributed by atoms with E-state index >= 15 is 0 Å². The molecular formula is C19H19FN8. The number of benzene rings is 1. The van der Waals surface area contributed by atoms with Gasteiger partial charge in [0.05, 0.1) is 11.8 Å². The minimum atomic E-state index is -0.290. The maximum Gasteiger partial charge on any atom is 0.165 e. The lowest BCUT2D eigenvalue weighted by Crippen LogP contribution is -2.47. The predicted octanol–water partition coefficient (Wildman–Crippen LogP) is 2.26. The van der Waals surface area contributed by atoms with Crippen LogP contribution in [0.3, 0.4) is 0 Å². The van der Waals surface area contributed by atoms with Gasteiger partial charge in [-0.15, -0.1) is 0 Å². The predicted molar refractivity (Wildman–Crippen MR) is 105 cm³/mol. The molecular weight excluding hydrogens is 359 g/mol. The number of hydrogen-bond acceptors (Lipinski definition) is 7. The first kappa shape index (κ1) is 16.8. The number of anilines is 2. The van der Waals surface area contributed by atoms with Gasteiger partial charge in [0.2, 0.25) is 0 Å². The third-order valence-corrected chi connectivity index (χ3v) is 5.18. The van der Waals surface area contributed by atoms with E-state index in [2.05, 4.69) is 41.6 Å². The smallest absolute Gasteiger partial charge is 0.165 e. The summed E-state index contributed by atoms with van der Waals surface area (Å²) in [5, 5.41) is 0.864. The highest BCUT2D eigenvalue weighted by atomic mass is 19.1. The Hall–Kier alpha value is -3.36. The molecule has 3 aromatic heterocycles. The number of aromatic nitrogens is 6. The van der Waals surface area contributed by atoms with Crippen molar-refractivity contribution in [2.45, 2.75) is 13.5 Å². The summed E-state index contributed by atoms with van der Waals surface area (Å²) in [6, 6.07) is 4.64. The maximum absolute atomic E-state index is 13.5. The van der Waals surface area contributed by atoms with Crippen molar-refractivity contribution >= 4 is 33.7 Å². The number of nitrogens with zero attached hydrogens (tertiary/aromatic N) is 8. The SMILES string of the molecule is CCn1cnc2c(N3CCN(c4ncnc5cc(F)ccc45)CC3)ncnc21. The van der Waals surface area contributed by atoms with Gasteiger partial charge in [0.15, 0.2) is 17.0 Å². The zero-order valence-corrected chi connectivity index (χ0v) is 15.5. The molecule has 0 aliphatic carbocycles. The molecule has 1 saturated heterocycles. The molecule has 4 heterocycles. The van der Waals surface area contributed by atoms with Crippen molar-refractivity contribution in [2.75, 3.05) is 36.0 Å². The summed E-state index contributed by atoms with van der Waals surface area (Å²) in [7, 11) is 0. The van der Waals surface area contributed by atoms with E-state index in [-0.39, 0.29) is 5.82 Å². The van der Waals surface area contributed by atoms with Crippen molar-refractivity contribution in [3.05, 3.63) is 43.0 Å². The van der Waals surface area contributed by atoms with E-state index in [1.807, 2.05) is 10.9 Å². The fourth-order valence-corrected chi connectivity index (χ4v) is 3.73. The number of fused-ring (bicyclic) bond motifs is 2. The number of rotatable bonds is 3. The number of hydrogen-bond donors (Lipinski definition) is 0. The molecule has 0 radical (unpaired) electrons. The molecule has 1 aromatic carbocycles. The molecule has 9 heteroatoms. The summed E-state index contributed by atoms with van der Waals surface area (Å²) in [5.74, 6) is 1.42. The molecule has 0 unspecified atom stereocenters. The first-order chi connectivity index (χ1) is 13.7. The molecule has 1 fully saturated rings. The fourth-order valence-electron chi connectivity index (χ4n) is 3.73. The lowest BCUT2D eigenvalue weighted by molar-refractivity contribution is 0.629. The zero-order chi connectivity index (χ0) is 19.1. The quantitative estimate of drug-likeness (QED) is 0.541. The summed E-state index contributed by atoms with van der Waals surface area (Å²) in [5.41, 5.74) is 2.31. The third kappa shape index (κ3) is 2.70. The molecule has 0 atom stereocenters. The van der Waals surface area contributed by atoms with Gasteiger partial charge in [0.25, 0.3) is 0 Å². The average Bonchev–Trinajstić information content (AvgIpc) is 3.16. The van der Waals surface area contributed by atoms with Gasteiger partial charge in [-0.05, 0) is 19.1 Å². The monoisotopic (exact) mass is 378 g/mol. The van der Waals surface area contributed by atoms with Crippen LogP contribution in [-0.4, -0.2) is 55.7 Å². The lowest BCUT2D eigenvalue weighted by atomic mass is 10.2. The van der Waals surface area contributed by atoms with Crippen LogP contribution >= 0.6 is 0 Å². The van der Waals surface area contributed by atoms with Gasteiger partial charge in [-0.25, -0.2) is 29.3 Å². The Morgan fingerprint density at radius 1 is 0.893 bits per heavy atom. The number of halogens is 1. The van der Waals surface area contributed by atoms with E-state index in [1.165, 1.54) is 18.5 Å². The Kier molecular flexibility index (Phi) is 4.00. The standard InChI is InChI=1S/C19H19FN8/c1-2-26-12-25-16-18(26)23-11-24-19(16)28-7-5-27(6-8-28)17-14-4-3-13(20)9-15(14)21-10-22-17/h3-4,9-12H,2,5-8H2,1H3. The molecule has 0 amide bonds. The summed E-state index contributed by atoms with van der Waals surface area (Å²) >= 11 is 0. The van der Waals surface area contributed by atoms with Gasteiger partial charge in [-0.3, -0.25) is 0 Å². The number of aryl methyl sites for hydroxylation is 1. The highest BCUT2D eigenvalue weighted by Gasteiger charge is 2.23. The van der Waals surface area contributed by atoms with Gasteiger partial charge < -0.3 is 14.4 Å². The summed E-state index contributed by atoms with van der Waals surface area (Å²) < 4.78 is 15.5. The largest absolute Gasteiger partial charge is 0.352 e. The average molecular weight is 378 g/mol.